The molecule has 1 aliphatic rings. The van der Waals surface area contributed by atoms with E-state index in [-0.39, 0.29) is 0 Å². The lowest BCUT2D eigenvalue weighted by atomic mass is 9.95. The first-order valence-electron chi connectivity index (χ1n) is 9.60. The molecular formula is C20H19Cl2F3N4O3. The summed E-state index contributed by atoms with van der Waals surface area (Å²) in [5.41, 5.74) is 1.73. The summed E-state index contributed by atoms with van der Waals surface area (Å²) in [5.74, 6) is -0.755. The van der Waals surface area contributed by atoms with Gasteiger partial charge in [0.1, 0.15) is 5.82 Å². The third-order valence-electron chi connectivity index (χ3n) is 4.78. The SMILES string of the molecule is Clc1ccc(Cl)c2nc(NCc3cc(C4CCNCC4)no3)ccc12.O=C(O)C(F)(F)F. The molecule has 1 aromatic carbocycles. The molecule has 1 aliphatic heterocycles. The summed E-state index contributed by atoms with van der Waals surface area (Å²) in [7, 11) is 0. The summed E-state index contributed by atoms with van der Waals surface area (Å²) in [6.45, 7) is 2.60. The zero-order valence-corrected chi connectivity index (χ0v) is 18.1. The number of piperidine rings is 1. The largest absolute Gasteiger partial charge is 0.490 e. The van der Waals surface area contributed by atoms with Gasteiger partial charge in [-0.25, -0.2) is 9.78 Å². The van der Waals surface area contributed by atoms with Crippen molar-refractivity contribution in [1.82, 2.24) is 15.5 Å². The van der Waals surface area contributed by atoms with Crippen LogP contribution in [-0.4, -0.2) is 40.5 Å². The molecule has 3 N–H and O–H groups in total. The Morgan fingerprint density at radius 3 is 2.50 bits per heavy atom. The highest BCUT2D eigenvalue weighted by atomic mass is 35.5. The Labute approximate surface area is 190 Å². The molecule has 1 fully saturated rings. The zero-order chi connectivity index (χ0) is 23.3. The monoisotopic (exact) mass is 490 g/mol. The molecule has 0 amide bonds. The number of benzene rings is 1. The van der Waals surface area contributed by atoms with Gasteiger partial charge < -0.3 is 20.3 Å². The van der Waals surface area contributed by atoms with E-state index in [0.717, 1.165) is 48.6 Å². The summed E-state index contributed by atoms with van der Waals surface area (Å²) < 4.78 is 37.2. The Kier molecular flexibility index (Phi) is 7.81. The van der Waals surface area contributed by atoms with Gasteiger partial charge in [0.05, 0.1) is 27.8 Å². The molecule has 0 atom stereocenters. The van der Waals surface area contributed by atoms with Crippen LogP contribution in [0, 0.1) is 0 Å². The van der Waals surface area contributed by atoms with Gasteiger partial charge in [0.15, 0.2) is 5.76 Å². The second kappa shape index (κ2) is 10.4. The molecule has 32 heavy (non-hydrogen) atoms. The number of halogens is 5. The highest BCUT2D eigenvalue weighted by molar-refractivity contribution is 6.39. The van der Waals surface area contributed by atoms with Crippen LogP contribution in [0.5, 0.6) is 0 Å². The molecule has 4 rings (SSSR count). The van der Waals surface area contributed by atoms with Gasteiger partial charge in [-0.15, -0.1) is 0 Å². The van der Waals surface area contributed by atoms with Gasteiger partial charge in [0.2, 0.25) is 0 Å². The van der Waals surface area contributed by atoms with E-state index >= 15 is 0 Å². The number of alkyl halides is 3. The van der Waals surface area contributed by atoms with E-state index in [2.05, 4.69) is 20.8 Å². The van der Waals surface area contributed by atoms with E-state index in [1.807, 2.05) is 18.2 Å². The van der Waals surface area contributed by atoms with Crippen LogP contribution in [-0.2, 0) is 11.3 Å². The lowest BCUT2D eigenvalue weighted by molar-refractivity contribution is -0.192. The minimum atomic E-state index is -5.08. The maximum Gasteiger partial charge on any atom is 0.490 e. The number of hydrogen-bond donors (Lipinski definition) is 3. The van der Waals surface area contributed by atoms with Crippen molar-refractivity contribution < 1.29 is 27.6 Å². The number of hydrogen-bond acceptors (Lipinski definition) is 6. The molecule has 12 heteroatoms. The maximum absolute atomic E-state index is 10.6. The van der Waals surface area contributed by atoms with E-state index in [4.69, 9.17) is 37.6 Å². The van der Waals surface area contributed by atoms with Crippen molar-refractivity contribution in [2.75, 3.05) is 18.4 Å². The summed E-state index contributed by atoms with van der Waals surface area (Å²) in [6, 6.07) is 9.37. The average molecular weight is 491 g/mol. The van der Waals surface area contributed by atoms with Crippen molar-refractivity contribution in [1.29, 1.82) is 0 Å². The lowest BCUT2D eigenvalue weighted by Gasteiger charge is -2.19. The molecule has 0 bridgehead atoms. The fourth-order valence-electron chi connectivity index (χ4n) is 3.15. The molecule has 1 saturated heterocycles. The molecule has 7 nitrogen and oxygen atoms in total. The van der Waals surface area contributed by atoms with E-state index in [1.165, 1.54) is 0 Å². The molecule has 0 spiro atoms. The van der Waals surface area contributed by atoms with Crippen LogP contribution in [0.4, 0.5) is 19.0 Å². The van der Waals surface area contributed by atoms with Crippen LogP contribution >= 0.6 is 23.2 Å². The first kappa shape index (κ1) is 24.1. The zero-order valence-electron chi connectivity index (χ0n) is 16.5. The predicted octanol–water partition coefficient (Wildman–Crippen LogP) is 5.24. The first-order valence-corrected chi connectivity index (χ1v) is 10.4. The van der Waals surface area contributed by atoms with E-state index in [1.54, 1.807) is 12.1 Å². The number of aliphatic carboxylic acids is 1. The average Bonchev–Trinajstić information content (AvgIpc) is 3.24. The van der Waals surface area contributed by atoms with Crippen LogP contribution in [0.1, 0.15) is 30.2 Å². The third kappa shape index (κ3) is 6.24. The van der Waals surface area contributed by atoms with Crippen molar-refractivity contribution in [2.45, 2.75) is 31.5 Å². The smallest absolute Gasteiger partial charge is 0.475 e. The second-order valence-corrected chi connectivity index (χ2v) is 7.84. The number of rotatable bonds is 4. The Morgan fingerprint density at radius 2 is 1.84 bits per heavy atom. The van der Waals surface area contributed by atoms with Gasteiger partial charge in [0, 0.05) is 17.4 Å². The van der Waals surface area contributed by atoms with Gasteiger partial charge in [-0.1, -0.05) is 28.4 Å². The van der Waals surface area contributed by atoms with Crippen LogP contribution in [0.15, 0.2) is 34.9 Å². The number of carbonyl (C=O) groups is 1. The van der Waals surface area contributed by atoms with Crippen LogP contribution in [0.25, 0.3) is 10.9 Å². The molecule has 0 saturated carbocycles. The van der Waals surface area contributed by atoms with Gasteiger partial charge >= 0.3 is 12.1 Å². The predicted molar refractivity (Wildman–Crippen MR) is 114 cm³/mol. The van der Waals surface area contributed by atoms with Crippen LogP contribution in [0.2, 0.25) is 10.0 Å². The molecule has 3 aromatic rings. The van der Waals surface area contributed by atoms with E-state index < -0.39 is 12.1 Å². The summed E-state index contributed by atoms with van der Waals surface area (Å²) in [6.07, 6.45) is -2.88. The Morgan fingerprint density at radius 1 is 1.19 bits per heavy atom. The van der Waals surface area contributed by atoms with Crippen molar-refractivity contribution in [3.05, 3.63) is 51.8 Å². The van der Waals surface area contributed by atoms with Crippen molar-refractivity contribution in [2.24, 2.45) is 0 Å². The number of anilines is 1. The number of pyridine rings is 1. The fourth-order valence-corrected chi connectivity index (χ4v) is 3.57. The number of carboxylic acids is 1. The number of aromatic nitrogens is 2. The topological polar surface area (TPSA) is 100 Å². The lowest BCUT2D eigenvalue weighted by Crippen LogP contribution is -2.26. The Hall–Kier alpha value is -2.56. The van der Waals surface area contributed by atoms with Crippen molar-refractivity contribution in [3.63, 3.8) is 0 Å². The summed E-state index contributed by atoms with van der Waals surface area (Å²) >= 11 is 12.4. The van der Waals surface area contributed by atoms with Crippen molar-refractivity contribution in [3.8, 4) is 0 Å². The molecule has 172 valence electrons. The number of nitrogens with zero attached hydrogens (tertiary/aromatic N) is 2. The Balaban J connectivity index is 0.000000360. The highest BCUT2D eigenvalue weighted by Gasteiger charge is 2.38. The molecule has 0 radical (unpaired) electrons. The standard InChI is InChI=1S/C18H18Cl2N4O.C2HF3O2/c19-14-2-3-15(20)18-13(14)1-4-17(23-18)22-10-12-9-16(24-25-12)11-5-7-21-8-6-11;3-2(4,5)1(6)7/h1-4,9,11,21H,5-8,10H2,(H,22,23);(H,6,7). The Bertz CT molecular complexity index is 1090. The second-order valence-electron chi connectivity index (χ2n) is 7.02. The third-order valence-corrected chi connectivity index (χ3v) is 5.41. The number of nitrogens with one attached hydrogen (secondary N) is 2. The molecular weight excluding hydrogens is 472 g/mol. The first-order chi connectivity index (χ1) is 15.1. The quantitative estimate of drug-likeness (QED) is 0.459. The number of fused-ring (bicyclic) bond motifs is 1. The minimum Gasteiger partial charge on any atom is -0.475 e. The van der Waals surface area contributed by atoms with Crippen LogP contribution in [0.3, 0.4) is 0 Å². The summed E-state index contributed by atoms with van der Waals surface area (Å²) in [5, 5.41) is 20.0. The highest BCUT2D eigenvalue weighted by Crippen LogP contribution is 2.29. The van der Waals surface area contributed by atoms with Crippen molar-refractivity contribution >= 4 is 45.9 Å². The summed E-state index contributed by atoms with van der Waals surface area (Å²) in [4.78, 5) is 13.4. The number of carboxylic acid groups (broad SMARTS) is 1. The van der Waals surface area contributed by atoms with Gasteiger partial charge in [-0.3, -0.25) is 0 Å². The minimum absolute atomic E-state index is 0.485. The molecule has 0 unspecified atom stereocenters. The molecule has 3 heterocycles. The fraction of sp³-hybridized carbons (Fsp3) is 0.350. The van der Waals surface area contributed by atoms with Gasteiger partial charge in [-0.05, 0) is 50.2 Å². The van der Waals surface area contributed by atoms with Gasteiger partial charge in [0.25, 0.3) is 0 Å². The van der Waals surface area contributed by atoms with Gasteiger partial charge in [-0.2, -0.15) is 13.2 Å². The van der Waals surface area contributed by atoms with E-state index in [0.29, 0.717) is 28.0 Å². The maximum atomic E-state index is 10.6. The normalized spacial score (nSPS) is 14.7. The van der Waals surface area contributed by atoms with E-state index in [9.17, 15) is 13.2 Å². The molecule has 0 aliphatic carbocycles. The van der Waals surface area contributed by atoms with Crippen LogP contribution < -0.4 is 10.6 Å². The molecule has 2 aromatic heterocycles.